The molecule has 1 unspecified atom stereocenters. The molecule has 2 N–H and O–H groups in total. The molecule has 30 heavy (non-hydrogen) atoms. The Balaban J connectivity index is 2.17. The smallest absolute Gasteiger partial charge is 0.357 e. The van der Waals surface area contributed by atoms with Gasteiger partial charge in [-0.15, -0.1) is 0 Å². The van der Waals surface area contributed by atoms with E-state index in [-0.39, 0.29) is 24.7 Å². The number of non-ortho nitro benzene ring substituents is 1. The number of hydrogen-bond acceptors (Lipinski definition) is 7. The van der Waals surface area contributed by atoms with Gasteiger partial charge in [0.25, 0.3) is 5.69 Å². The number of aromatic hydroxyl groups is 1. The van der Waals surface area contributed by atoms with Crippen LogP contribution in [-0.4, -0.2) is 23.2 Å². The van der Waals surface area contributed by atoms with Crippen molar-refractivity contribution in [2.45, 2.75) is 19.6 Å². The van der Waals surface area contributed by atoms with E-state index in [2.05, 4.69) is 5.32 Å². The molecule has 3 rings (SSSR count). The van der Waals surface area contributed by atoms with E-state index in [0.717, 1.165) is 5.39 Å². The van der Waals surface area contributed by atoms with Crippen LogP contribution in [0.2, 0.25) is 0 Å². The summed E-state index contributed by atoms with van der Waals surface area (Å²) in [6, 6.07) is 16.4. The number of nitro benzene ring substituents is 1. The summed E-state index contributed by atoms with van der Waals surface area (Å²) in [5, 5.41) is 26.3. The van der Waals surface area contributed by atoms with E-state index < -0.39 is 18.3 Å². The maximum Gasteiger partial charge on any atom is 0.357 e. The Kier molecular flexibility index (Phi) is 6.72. The average Bonchev–Trinajstić information content (AvgIpc) is 2.73. The highest BCUT2D eigenvalue weighted by molar-refractivity contribution is 7.54. The molecular weight excluding hydrogens is 407 g/mol. The van der Waals surface area contributed by atoms with E-state index in [1.807, 2.05) is 24.3 Å². The molecule has 0 spiro atoms. The van der Waals surface area contributed by atoms with Gasteiger partial charge < -0.3 is 19.5 Å². The van der Waals surface area contributed by atoms with Crippen molar-refractivity contribution < 1.29 is 23.6 Å². The van der Waals surface area contributed by atoms with Crippen LogP contribution in [0.3, 0.4) is 0 Å². The van der Waals surface area contributed by atoms with Crippen LogP contribution in [0.15, 0.2) is 60.7 Å². The average molecular weight is 430 g/mol. The van der Waals surface area contributed by atoms with Crippen LogP contribution in [0.4, 0.5) is 11.4 Å². The van der Waals surface area contributed by atoms with Crippen molar-refractivity contribution in [3.05, 3.63) is 76.3 Å². The summed E-state index contributed by atoms with van der Waals surface area (Å²) >= 11 is 0. The SMILES string of the molecule is CCOP(=O)(OCC)C(Nc1ccc([N+](=O)[O-])cc1)c1c(O)ccc2ccccc12. The van der Waals surface area contributed by atoms with Crippen molar-refractivity contribution in [3.63, 3.8) is 0 Å². The lowest BCUT2D eigenvalue weighted by Gasteiger charge is -2.29. The molecule has 0 aliphatic heterocycles. The summed E-state index contributed by atoms with van der Waals surface area (Å²) in [6.07, 6.45) is 0. The maximum atomic E-state index is 13.8. The third-order valence-corrected chi connectivity index (χ3v) is 6.79. The fourth-order valence-corrected chi connectivity index (χ4v) is 5.25. The first-order valence-electron chi connectivity index (χ1n) is 9.50. The molecule has 0 amide bonds. The van der Waals surface area contributed by atoms with Crippen molar-refractivity contribution in [1.29, 1.82) is 0 Å². The topological polar surface area (TPSA) is 111 Å². The van der Waals surface area contributed by atoms with E-state index >= 15 is 0 Å². The third kappa shape index (κ3) is 4.46. The molecule has 0 aliphatic rings. The molecule has 0 bridgehead atoms. The van der Waals surface area contributed by atoms with Crippen LogP contribution in [0.5, 0.6) is 5.75 Å². The van der Waals surface area contributed by atoms with Crippen molar-refractivity contribution in [3.8, 4) is 5.75 Å². The molecule has 3 aromatic carbocycles. The molecule has 0 saturated heterocycles. The first-order chi connectivity index (χ1) is 14.4. The van der Waals surface area contributed by atoms with Crippen LogP contribution < -0.4 is 5.32 Å². The summed E-state index contributed by atoms with van der Waals surface area (Å²) in [4.78, 5) is 10.4. The van der Waals surface area contributed by atoms with Gasteiger partial charge in [0.15, 0.2) is 5.78 Å². The summed E-state index contributed by atoms with van der Waals surface area (Å²) in [6.45, 7) is 3.69. The Bertz CT molecular complexity index is 1080. The number of rotatable bonds is 9. The second-order valence-corrected chi connectivity index (χ2v) is 8.56. The van der Waals surface area contributed by atoms with Gasteiger partial charge in [-0.25, -0.2) is 0 Å². The highest BCUT2D eigenvalue weighted by atomic mass is 31.2. The second kappa shape index (κ2) is 9.26. The van der Waals surface area contributed by atoms with E-state index in [0.29, 0.717) is 16.6 Å². The summed E-state index contributed by atoms with van der Waals surface area (Å²) in [5.74, 6) is -1.10. The molecule has 9 heteroatoms. The Morgan fingerprint density at radius 3 is 2.27 bits per heavy atom. The van der Waals surface area contributed by atoms with Crippen molar-refractivity contribution in [1.82, 2.24) is 0 Å². The lowest BCUT2D eigenvalue weighted by Crippen LogP contribution is -2.16. The standard InChI is InChI=1S/C21H23N2O6P/c1-3-28-30(27,29-4-2)21(22-16-10-12-17(13-11-16)23(25)26)20-18-8-6-5-7-15(18)9-14-19(20)24/h5-14,21-22,24H,3-4H2,1-2H3. The van der Waals surface area contributed by atoms with Crippen LogP contribution in [0.1, 0.15) is 25.2 Å². The first kappa shape index (κ1) is 21.8. The monoisotopic (exact) mass is 430 g/mol. The van der Waals surface area contributed by atoms with Crippen LogP contribution in [0, 0.1) is 10.1 Å². The van der Waals surface area contributed by atoms with Gasteiger partial charge in [0.1, 0.15) is 5.75 Å². The Morgan fingerprint density at radius 2 is 1.67 bits per heavy atom. The van der Waals surface area contributed by atoms with Crippen LogP contribution >= 0.6 is 7.60 Å². The lowest BCUT2D eigenvalue weighted by atomic mass is 10.0. The Hall–Kier alpha value is -2.93. The fourth-order valence-electron chi connectivity index (χ4n) is 3.26. The number of anilines is 1. The molecule has 0 fully saturated rings. The van der Waals surface area contributed by atoms with Crippen LogP contribution in [-0.2, 0) is 13.6 Å². The number of nitrogens with one attached hydrogen (secondary N) is 1. The largest absolute Gasteiger partial charge is 0.508 e. The highest BCUT2D eigenvalue weighted by Gasteiger charge is 2.39. The van der Waals surface area contributed by atoms with Gasteiger partial charge in [0, 0.05) is 23.4 Å². The maximum absolute atomic E-state index is 13.8. The second-order valence-electron chi connectivity index (χ2n) is 6.45. The number of nitro groups is 1. The number of phenolic OH excluding ortho intramolecular Hbond substituents is 1. The molecule has 3 aromatic rings. The van der Waals surface area contributed by atoms with Gasteiger partial charge in [-0.2, -0.15) is 0 Å². The van der Waals surface area contributed by atoms with Crippen molar-refractivity contribution >= 4 is 29.7 Å². The Morgan fingerprint density at radius 1 is 1.03 bits per heavy atom. The number of benzene rings is 3. The molecule has 0 saturated carbocycles. The van der Waals surface area contributed by atoms with Gasteiger partial charge in [0.05, 0.1) is 18.1 Å². The zero-order chi connectivity index (χ0) is 21.7. The molecule has 0 aromatic heterocycles. The third-order valence-electron chi connectivity index (χ3n) is 4.54. The summed E-state index contributed by atoms with van der Waals surface area (Å²) < 4.78 is 24.9. The van der Waals surface area contributed by atoms with Gasteiger partial charge in [-0.05, 0) is 42.8 Å². The van der Waals surface area contributed by atoms with E-state index in [1.54, 1.807) is 19.9 Å². The molecule has 0 aliphatic carbocycles. The van der Waals surface area contributed by atoms with Gasteiger partial charge >= 0.3 is 7.60 Å². The zero-order valence-electron chi connectivity index (χ0n) is 16.6. The minimum atomic E-state index is -3.78. The first-order valence-corrected chi connectivity index (χ1v) is 11.1. The molecular formula is C21H23N2O6P. The van der Waals surface area contributed by atoms with E-state index in [9.17, 15) is 19.8 Å². The lowest BCUT2D eigenvalue weighted by molar-refractivity contribution is -0.384. The van der Waals surface area contributed by atoms with Crippen LogP contribution in [0.25, 0.3) is 10.8 Å². The normalized spacial score (nSPS) is 12.6. The minimum absolute atomic E-state index is 0.0623. The zero-order valence-corrected chi connectivity index (χ0v) is 17.5. The van der Waals surface area contributed by atoms with Crippen molar-refractivity contribution in [2.75, 3.05) is 18.5 Å². The number of phenols is 1. The van der Waals surface area contributed by atoms with Gasteiger partial charge in [-0.1, -0.05) is 30.3 Å². The van der Waals surface area contributed by atoms with Crippen molar-refractivity contribution in [2.24, 2.45) is 0 Å². The van der Waals surface area contributed by atoms with Gasteiger partial charge in [0.2, 0.25) is 0 Å². The highest BCUT2D eigenvalue weighted by Crippen LogP contribution is 2.62. The minimum Gasteiger partial charge on any atom is -0.508 e. The predicted molar refractivity (Wildman–Crippen MR) is 116 cm³/mol. The molecule has 1 atom stereocenters. The Labute approximate surface area is 174 Å². The van der Waals surface area contributed by atoms with E-state index in [1.165, 1.54) is 30.3 Å². The molecule has 0 heterocycles. The number of hydrogen-bond donors (Lipinski definition) is 2. The number of nitrogens with zero attached hydrogens (tertiary/aromatic N) is 1. The summed E-state index contributed by atoms with van der Waals surface area (Å²) in [7, 11) is -3.78. The quantitative estimate of drug-likeness (QED) is 0.250. The summed E-state index contributed by atoms with van der Waals surface area (Å²) in [5.41, 5.74) is 0.775. The number of fused-ring (bicyclic) bond motifs is 1. The molecule has 0 radical (unpaired) electrons. The van der Waals surface area contributed by atoms with Gasteiger partial charge in [-0.3, -0.25) is 14.7 Å². The molecule has 8 nitrogen and oxygen atoms in total. The molecule has 158 valence electrons. The fraction of sp³-hybridized carbons (Fsp3) is 0.238. The van der Waals surface area contributed by atoms with E-state index in [4.69, 9.17) is 9.05 Å². The predicted octanol–water partition coefficient (Wildman–Crippen LogP) is 5.83.